The molecule has 0 saturated carbocycles. The van der Waals surface area contributed by atoms with Crippen LogP contribution in [-0.2, 0) is 14.3 Å². The quantitative estimate of drug-likeness (QED) is 0.160. The molecule has 0 unspecified atom stereocenters. The van der Waals surface area contributed by atoms with Crippen molar-refractivity contribution in [2.75, 3.05) is 26.7 Å². The van der Waals surface area contributed by atoms with Gasteiger partial charge in [-0.15, -0.1) is 0 Å². The summed E-state index contributed by atoms with van der Waals surface area (Å²) in [5.41, 5.74) is 12.2. The summed E-state index contributed by atoms with van der Waals surface area (Å²) in [5.74, 6) is 1.25. The Kier molecular flexibility index (Phi) is 9.43. The summed E-state index contributed by atoms with van der Waals surface area (Å²) in [6, 6.07) is 24.6. The Morgan fingerprint density at radius 2 is 1.28 bits per heavy atom. The molecule has 0 spiro atoms. The van der Waals surface area contributed by atoms with E-state index in [1.165, 1.54) is 7.11 Å². The second kappa shape index (κ2) is 14.4. The number of aromatic nitrogens is 4. The second-order valence-electron chi connectivity index (χ2n) is 12.6. The molecule has 2 aliphatic rings. The standard InChI is InChI=1S/C38H40N8O4/c1-50-38(49)44-34(28-7-3-2-4-8-28)37(48)46-20-6-10-32(46)36-41-23-30(43-36)27-17-13-25(14-18-27)24-11-15-26(16-12-24)29-22-40-35(42-29)31-9-5-19-45(31)33(47)21-39/h2-4,7-8,11-18,22-23,31-32,34H,5-6,9-10,19-21,39H2,1H3,(H,40,42)(H,41,43)(H,44,49)/t31-,32-,34-/m0/s1. The molecule has 0 radical (unpaired) electrons. The third-order valence-corrected chi connectivity index (χ3v) is 9.66. The Morgan fingerprint density at radius 1 is 0.780 bits per heavy atom. The van der Waals surface area contributed by atoms with E-state index in [9.17, 15) is 14.4 Å². The molecule has 0 aliphatic carbocycles. The summed E-state index contributed by atoms with van der Waals surface area (Å²) in [6.07, 6.45) is 6.37. The molecule has 5 N–H and O–H groups in total. The molecule has 5 aromatic rings. The topological polar surface area (TPSA) is 162 Å². The Hall–Kier alpha value is -5.75. The van der Waals surface area contributed by atoms with Crippen LogP contribution in [0.25, 0.3) is 33.6 Å². The van der Waals surface area contributed by atoms with E-state index >= 15 is 0 Å². The molecule has 3 amide bonds. The normalized spacial score (nSPS) is 17.9. The summed E-state index contributed by atoms with van der Waals surface area (Å²) in [6.45, 7) is 1.28. The highest BCUT2D eigenvalue weighted by molar-refractivity contribution is 5.87. The first-order valence-electron chi connectivity index (χ1n) is 16.9. The van der Waals surface area contributed by atoms with E-state index in [2.05, 4.69) is 73.8 Å². The summed E-state index contributed by atoms with van der Waals surface area (Å²) in [4.78, 5) is 58.0. The van der Waals surface area contributed by atoms with E-state index < -0.39 is 12.1 Å². The molecular formula is C38H40N8O4. The fourth-order valence-corrected chi connectivity index (χ4v) is 7.05. The van der Waals surface area contributed by atoms with Crippen molar-refractivity contribution in [2.24, 2.45) is 5.73 Å². The molecule has 256 valence electrons. The fraction of sp³-hybridized carbons (Fsp3) is 0.289. The number of H-pyrrole nitrogens is 2. The first kappa shape index (κ1) is 32.8. The van der Waals surface area contributed by atoms with Crippen molar-refractivity contribution in [2.45, 2.75) is 43.8 Å². The Labute approximate surface area is 290 Å². The van der Waals surface area contributed by atoms with E-state index in [1.54, 1.807) is 11.1 Å². The van der Waals surface area contributed by atoms with Crippen LogP contribution in [0.2, 0.25) is 0 Å². The van der Waals surface area contributed by atoms with Gasteiger partial charge in [-0.2, -0.15) is 0 Å². The number of nitrogens with two attached hydrogens (primary N) is 1. The summed E-state index contributed by atoms with van der Waals surface area (Å²) in [7, 11) is 1.28. The predicted octanol–water partition coefficient (Wildman–Crippen LogP) is 5.52. The van der Waals surface area contributed by atoms with Gasteiger partial charge >= 0.3 is 6.09 Å². The number of hydrogen-bond donors (Lipinski definition) is 4. The van der Waals surface area contributed by atoms with E-state index in [4.69, 9.17) is 10.5 Å². The fourth-order valence-electron chi connectivity index (χ4n) is 7.05. The Morgan fingerprint density at radius 3 is 1.80 bits per heavy atom. The number of rotatable bonds is 9. The lowest BCUT2D eigenvalue weighted by Crippen LogP contribution is -2.42. The lowest BCUT2D eigenvalue weighted by atomic mass is 10.0. The van der Waals surface area contributed by atoms with E-state index in [1.807, 2.05) is 41.4 Å². The number of carbonyl (C=O) groups is 3. The van der Waals surface area contributed by atoms with Crippen molar-refractivity contribution in [1.29, 1.82) is 0 Å². The van der Waals surface area contributed by atoms with Crippen molar-refractivity contribution in [3.05, 3.63) is 108 Å². The van der Waals surface area contributed by atoms with Crippen molar-refractivity contribution in [1.82, 2.24) is 35.1 Å². The van der Waals surface area contributed by atoms with Crippen LogP contribution in [-0.4, -0.2) is 74.4 Å². The molecule has 50 heavy (non-hydrogen) atoms. The van der Waals surface area contributed by atoms with Crippen LogP contribution in [0.1, 0.15) is 61.0 Å². The van der Waals surface area contributed by atoms with Gasteiger partial charge < -0.3 is 35.6 Å². The van der Waals surface area contributed by atoms with Crippen molar-refractivity contribution < 1.29 is 19.1 Å². The van der Waals surface area contributed by atoms with Gasteiger partial charge in [0.15, 0.2) is 0 Å². The van der Waals surface area contributed by atoms with Crippen LogP contribution in [0.4, 0.5) is 4.79 Å². The number of ether oxygens (including phenoxy) is 1. The van der Waals surface area contributed by atoms with Gasteiger partial charge in [0.1, 0.15) is 17.7 Å². The zero-order valence-electron chi connectivity index (χ0n) is 27.8. The van der Waals surface area contributed by atoms with Crippen molar-refractivity contribution >= 4 is 17.9 Å². The average Bonchev–Trinajstić information content (AvgIpc) is 4.00. The minimum Gasteiger partial charge on any atom is -0.453 e. The highest BCUT2D eigenvalue weighted by atomic mass is 16.5. The number of alkyl carbamates (subject to hydrolysis) is 1. The zero-order valence-corrected chi connectivity index (χ0v) is 27.8. The van der Waals surface area contributed by atoms with Gasteiger partial charge in [0.05, 0.1) is 49.5 Å². The second-order valence-corrected chi connectivity index (χ2v) is 12.6. The van der Waals surface area contributed by atoms with Gasteiger partial charge in [0, 0.05) is 13.1 Å². The molecule has 2 saturated heterocycles. The maximum absolute atomic E-state index is 13.8. The van der Waals surface area contributed by atoms with E-state index in [-0.39, 0.29) is 30.4 Å². The number of aromatic amines is 2. The highest BCUT2D eigenvalue weighted by Gasteiger charge is 2.37. The summed E-state index contributed by atoms with van der Waals surface area (Å²) < 4.78 is 4.81. The van der Waals surface area contributed by atoms with Gasteiger partial charge in [0.25, 0.3) is 5.91 Å². The number of imidazole rings is 2. The number of likely N-dealkylation sites (tertiary alicyclic amines) is 2. The molecule has 2 fully saturated rings. The maximum Gasteiger partial charge on any atom is 0.407 e. The van der Waals surface area contributed by atoms with Gasteiger partial charge in [-0.3, -0.25) is 9.59 Å². The molecule has 3 atom stereocenters. The first-order chi connectivity index (χ1) is 24.4. The smallest absolute Gasteiger partial charge is 0.407 e. The van der Waals surface area contributed by atoms with Crippen LogP contribution in [0.3, 0.4) is 0 Å². The number of carbonyl (C=O) groups excluding carboxylic acids is 3. The molecular weight excluding hydrogens is 632 g/mol. The number of methoxy groups -OCH3 is 1. The molecule has 12 nitrogen and oxygen atoms in total. The minimum absolute atomic E-state index is 0.00564. The molecule has 2 aliphatic heterocycles. The van der Waals surface area contributed by atoms with Gasteiger partial charge in [-0.25, -0.2) is 14.8 Å². The molecule has 2 aromatic heterocycles. The van der Waals surface area contributed by atoms with Crippen molar-refractivity contribution in [3.63, 3.8) is 0 Å². The zero-order chi connectivity index (χ0) is 34.6. The molecule has 0 bridgehead atoms. The average molecular weight is 673 g/mol. The van der Waals surface area contributed by atoms with Gasteiger partial charge in [-0.05, 0) is 53.5 Å². The van der Waals surface area contributed by atoms with E-state index in [0.717, 1.165) is 65.1 Å². The SMILES string of the molecule is COC(=O)N[C@H](C(=O)N1CCC[C@H]1c1ncc(-c2ccc(-c3ccc(-c4cnc([C@@H]5CCCN5C(=O)CN)[nH]4)cc3)cc2)[nH]1)c1ccccc1. The third kappa shape index (κ3) is 6.61. The Bertz CT molecular complexity index is 1950. The highest BCUT2D eigenvalue weighted by Crippen LogP contribution is 2.35. The molecule has 4 heterocycles. The molecule has 3 aromatic carbocycles. The van der Waals surface area contributed by atoms with Gasteiger partial charge in [0.2, 0.25) is 5.91 Å². The number of amides is 3. The minimum atomic E-state index is -0.867. The lowest BCUT2D eigenvalue weighted by Gasteiger charge is -2.28. The van der Waals surface area contributed by atoms with Crippen LogP contribution in [0.5, 0.6) is 0 Å². The number of nitrogens with one attached hydrogen (secondary N) is 3. The Balaban J connectivity index is 1.03. The van der Waals surface area contributed by atoms with Crippen LogP contribution in [0.15, 0.2) is 91.3 Å². The first-order valence-corrected chi connectivity index (χ1v) is 16.9. The van der Waals surface area contributed by atoms with Crippen LogP contribution < -0.4 is 11.1 Å². The largest absolute Gasteiger partial charge is 0.453 e. The molecule has 7 rings (SSSR count). The maximum atomic E-state index is 13.8. The van der Waals surface area contributed by atoms with Gasteiger partial charge in [-0.1, -0.05) is 78.9 Å². The van der Waals surface area contributed by atoms with Crippen LogP contribution >= 0.6 is 0 Å². The summed E-state index contributed by atoms with van der Waals surface area (Å²) >= 11 is 0. The monoisotopic (exact) mass is 672 g/mol. The lowest BCUT2D eigenvalue weighted by molar-refractivity contribution is -0.134. The third-order valence-electron chi connectivity index (χ3n) is 9.66. The number of benzene rings is 3. The van der Waals surface area contributed by atoms with E-state index in [0.29, 0.717) is 24.5 Å². The van der Waals surface area contributed by atoms with Crippen LogP contribution in [0, 0.1) is 0 Å². The number of hydrogen-bond acceptors (Lipinski definition) is 7. The number of nitrogens with zero attached hydrogens (tertiary/aromatic N) is 4. The summed E-state index contributed by atoms with van der Waals surface area (Å²) in [5, 5.41) is 2.71. The van der Waals surface area contributed by atoms with Crippen molar-refractivity contribution in [3.8, 4) is 33.6 Å². The predicted molar refractivity (Wildman–Crippen MR) is 188 cm³/mol. The molecule has 12 heteroatoms.